The zero-order valence-electron chi connectivity index (χ0n) is 25.9. The SMILES string of the molecule is Cc1cc(OCCCc2c(C(=O)CS(=O)(=O)CCNC(=O)c3cccn3Cc3cccc(Cl)c3)[nH]c3cc(Cl)ccc23)cc(C)c1Cl. The third kappa shape index (κ3) is 8.78. The van der Waals surface area contributed by atoms with Gasteiger partial charge in [-0.3, -0.25) is 9.59 Å². The first-order valence-electron chi connectivity index (χ1n) is 15.0. The fraction of sp³-hybridized carbons (Fsp3) is 0.257. The number of carbonyl (C=O) groups is 2. The summed E-state index contributed by atoms with van der Waals surface area (Å²) < 4.78 is 33.8. The molecule has 0 atom stereocenters. The fourth-order valence-corrected chi connectivity index (χ4v) is 7.09. The van der Waals surface area contributed by atoms with Crippen molar-refractivity contribution in [2.45, 2.75) is 33.2 Å². The Labute approximate surface area is 288 Å². The monoisotopic (exact) mass is 713 g/mol. The summed E-state index contributed by atoms with van der Waals surface area (Å²) in [6.07, 6.45) is 2.82. The molecule has 0 bridgehead atoms. The molecule has 2 aromatic heterocycles. The molecule has 246 valence electrons. The lowest BCUT2D eigenvalue weighted by Crippen LogP contribution is -2.32. The fourth-order valence-electron chi connectivity index (χ4n) is 5.50. The third-order valence-electron chi connectivity index (χ3n) is 7.75. The number of aromatic amines is 1. The van der Waals surface area contributed by atoms with E-state index in [4.69, 9.17) is 39.5 Å². The smallest absolute Gasteiger partial charge is 0.267 e. The molecule has 12 heteroatoms. The highest BCUT2D eigenvalue weighted by atomic mass is 35.5. The first-order valence-corrected chi connectivity index (χ1v) is 18.0. The van der Waals surface area contributed by atoms with Gasteiger partial charge in [0.15, 0.2) is 15.6 Å². The maximum atomic E-state index is 13.4. The second-order valence-electron chi connectivity index (χ2n) is 11.4. The number of aromatic nitrogens is 2. The topological polar surface area (TPSA) is 110 Å². The maximum Gasteiger partial charge on any atom is 0.267 e. The summed E-state index contributed by atoms with van der Waals surface area (Å²) in [5.41, 5.74) is 4.72. The average molecular weight is 715 g/mol. The minimum atomic E-state index is -3.86. The lowest BCUT2D eigenvalue weighted by molar-refractivity contribution is 0.0946. The summed E-state index contributed by atoms with van der Waals surface area (Å²) in [7, 11) is -3.86. The number of carbonyl (C=O) groups excluding carboxylic acids is 2. The van der Waals surface area contributed by atoms with Gasteiger partial charge in [0, 0.05) is 45.3 Å². The number of nitrogens with one attached hydrogen (secondary N) is 2. The molecule has 0 aliphatic heterocycles. The van der Waals surface area contributed by atoms with E-state index >= 15 is 0 Å². The summed E-state index contributed by atoms with van der Waals surface area (Å²) >= 11 is 18.6. The van der Waals surface area contributed by atoms with Gasteiger partial charge in [0.1, 0.15) is 17.2 Å². The largest absolute Gasteiger partial charge is 0.494 e. The lowest BCUT2D eigenvalue weighted by Gasteiger charge is -2.11. The molecule has 8 nitrogen and oxygen atoms in total. The van der Waals surface area contributed by atoms with Crippen LogP contribution >= 0.6 is 34.8 Å². The van der Waals surface area contributed by atoms with Crippen LogP contribution in [0, 0.1) is 13.8 Å². The van der Waals surface area contributed by atoms with Crippen molar-refractivity contribution < 1.29 is 22.7 Å². The van der Waals surface area contributed by atoms with Crippen molar-refractivity contribution in [2.24, 2.45) is 0 Å². The molecule has 5 aromatic rings. The number of H-pyrrole nitrogens is 1. The van der Waals surface area contributed by atoms with Gasteiger partial charge in [-0.2, -0.15) is 0 Å². The van der Waals surface area contributed by atoms with E-state index < -0.39 is 33.0 Å². The summed E-state index contributed by atoms with van der Waals surface area (Å²) in [6.45, 7) is 4.50. The van der Waals surface area contributed by atoms with Gasteiger partial charge >= 0.3 is 0 Å². The molecule has 5 rings (SSSR count). The van der Waals surface area contributed by atoms with Crippen LogP contribution in [0.1, 0.15) is 49.7 Å². The molecule has 1 amide bonds. The van der Waals surface area contributed by atoms with E-state index in [0.717, 1.165) is 22.1 Å². The molecule has 2 N–H and O–H groups in total. The van der Waals surface area contributed by atoms with Crippen molar-refractivity contribution in [3.05, 3.63) is 122 Å². The summed E-state index contributed by atoms with van der Waals surface area (Å²) in [4.78, 5) is 29.4. The van der Waals surface area contributed by atoms with E-state index in [0.29, 0.717) is 63.6 Å². The number of hydrogen-bond acceptors (Lipinski definition) is 5. The zero-order chi connectivity index (χ0) is 33.7. The number of ketones is 1. The highest BCUT2D eigenvalue weighted by Gasteiger charge is 2.24. The Morgan fingerprint density at radius 2 is 1.68 bits per heavy atom. The maximum absolute atomic E-state index is 13.4. The van der Waals surface area contributed by atoms with Gasteiger partial charge < -0.3 is 19.6 Å². The minimum Gasteiger partial charge on any atom is -0.494 e. The Bertz CT molecular complexity index is 2030. The van der Waals surface area contributed by atoms with E-state index in [-0.39, 0.29) is 12.2 Å². The molecule has 0 aliphatic carbocycles. The normalized spacial score (nSPS) is 11.6. The molecule has 3 aromatic carbocycles. The van der Waals surface area contributed by atoms with Gasteiger partial charge in [0.25, 0.3) is 5.91 Å². The minimum absolute atomic E-state index is 0.146. The first-order chi connectivity index (χ1) is 22.4. The van der Waals surface area contributed by atoms with Gasteiger partial charge in [0.2, 0.25) is 0 Å². The number of Topliss-reactive ketones (excluding diaryl/α,β-unsaturated/α-hetero) is 1. The first kappa shape index (κ1) is 34.6. The number of fused-ring (bicyclic) bond motifs is 1. The van der Waals surface area contributed by atoms with Crippen molar-refractivity contribution in [3.8, 4) is 5.75 Å². The van der Waals surface area contributed by atoms with Crippen LogP contribution in [0.25, 0.3) is 10.9 Å². The predicted octanol–water partition coefficient (Wildman–Crippen LogP) is 7.63. The average Bonchev–Trinajstić information content (AvgIpc) is 3.62. The number of halogens is 3. The van der Waals surface area contributed by atoms with Crippen molar-refractivity contribution in [3.63, 3.8) is 0 Å². The number of sulfone groups is 1. The van der Waals surface area contributed by atoms with Gasteiger partial charge in [-0.15, -0.1) is 0 Å². The molecular weight excluding hydrogens is 681 g/mol. The van der Waals surface area contributed by atoms with Crippen LogP contribution < -0.4 is 10.1 Å². The Balaban J connectivity index is 1.20. The van der Waals surface area contributed by atoms with Gasteiger partial charge in [-0.05, 0) is 97.5 Å². The second kappa shape index (κ2) is 15.0. The van der Waals surface area contributed by atoms with Crippen molar-refractivity contribution >= 4 is 67.2 Å². The molecule has 0 radical (unpaired) electrons. The third-order valence-corrected chi connectivity index (χ3v) is 10.3. The number of hydrogen-bond donors (Lipinski definition) is 2. The van der Waals surface area contributed by atoms with E-state index in [1.165, 1.54) is 0 Å². The van der Waals surface area contributed by atoms with Crippen LogP contribution in [0.15, 0.2) is 72.9 Å². The molecule has 0 fully saturated rings. The van der Waals surface area contributed by atoms with Crippen molar-refractivity contribution in [2.75, 3.05) is 24.7 Å². The highest BCUT2D eigenvalue weighted by Crippen LogP contribution is 2.29. The highest BCUT2D eigenvalue weighted by molar-refractivity contribution is 7.92. The molecule has 0 aliphatic rings. The summed E-state index contributed by atoms with van der Waals surface area (Å²) in [6, 6.07) is 19.7. The summed E-state index contributed by atoms with van der Waals surface area (Å²) in [5, 5.41) is 5.25. The Morgan fingerprint density at radius 1 is 0.936 bits per heavy atom. The molecule has 0 unspecified atom stereocenters. The Kier molecular flexibility index (Phi) is 11.0. The van der Waals surface area contributed by atoms with Crippen LogP contribution in [-0.4, -0.2) is 54.3 Å². The number of amides is 1. The van der Waals surface area contributed by atoms with Crippen LogP contribution in [-0.2, 0) is 22.8 Å². The van der Waals surface area contributed by atoms with Crippen molar-refractivity contribution in [1.29, 1.82) is 0 Å². The molecule has 0 saturated heterocycles. The van der Waals surface area contributed by atoms with Crippen LogP contribution in [0.4, 0.5) is 0 Å². The van der Waals surface area contributed by atoms with Crippen LogP contribution in [0.3, 0.4) is 0 Å². The standard InChI is InChI=1S/C35H34Cl3N3O5S/c1-22-16-27(17-23(2)33(22)38)46-14-5-8-29-28-11-10-26(37)19-30(28)40-34(29)32(42)21-47(44,45)15-12-39-35(43)31-9-4-13-41(31)20-24-6-3-7-25(36)18-24/h3-4,6-7,9-11,13,16-19,40H,5,8,12,14-15,20-21H2,1-2H3,(H,39,43). The van der Waals surface area contributed by atoms with Gasteiger partial charge in [0.05, 0.1) is 18.1 Å². The number of nitrogens with zero attached hydrogens (tertiary/aromatic N) is 1. The summed E-state index contributed by atoms with van der Waals surface area (Å²) in [5.74, 6) is -1.37. The van der Waals surface area contributed by atoms with E-state index in [1.807, 2.05) is 50.2 Å². The van der Waals surface area contributed by atoms with E-state index in [2.05, 4.69) is 10.3 Å². The predicted molar refractivity (Wildman–Crippen MR) is 188 cm³/mol. The molecule has 2 heterocycles. The second-order valence-corrected chi connectivity index (χ2v) is 14.8. The van der Waals surface area contributed by atoms with Gasteiger partial charge in [-0.25, -0.2) is 8.42 Å². The quantitative estimate of drug-likeness (QED) is 0.0908. The molecule has 0 spiro atoms. The number of benzene rings is 3. The van der Waals surface area contributed by atoms with Gasteiger partial charge in [-0.1, -0.05) is 53.0 Å². The Morgan fingerprint density at radius 3 is 2.43 bits per heavy atom. The number of rotatable bonds is 14. The van der Waals surface area contributed by atoms with E-state index in [1.54, 1.807) is 41.1 Å². The Hall–Kier alpha value is -3.76. The van der Waals surface area contributed by atoms with E-state index in [9.17, 15) is 18.0 Å². The van der Waals surface area contributed by atoms with Crippen LogP contribution in [0.2, 0.25) is 15.1 Å². The molecule has 0 saturated carbocycles. The number of aryl methyl sites for hydroxylation is 3. The zero-order valence-corrected chi connectivity index (χ0v) is 29.0. The molecular formula is C35H34Cl3N3O5S. The van der Waals surface area contributed by atoms with Crippen LogP contribution in [0.5, 0.6) is 5.75 Å². The van der Waals surface area contributed by atoms with Crippen molar-refractivity contribution in [1.82, 2.24) is 14.9 Å². The number of ether oxygens (including phenoxy) is 1. The molecule has 47 heavy (non-hydrogen) atoms. The lowest BCUT2D eigenvalue weighted by atomic mass is 10.0.